The Morgan fingerprint density at radius 1 is 1.42 bits per heavy atom. The molecule has 2 aliphatic rings. The Balaban J connectivity index is 1.72. The Kier molecular flexibility index (Phi) is 3.73. The minimum absolute atomic E-state index is 0.00833. The summed E-state index contributed by atoms with van der Waals surface area (Å²) in [5.41, 5.74) is 0.853. The van der Waals surface area contributed by atoms with Crippen LogP contribution >= 0.6 is 0 Å². The predicted octanol–water partition coefficient (Wildman–Crippen LogP) is 3.17. The van der Waals surface area contributed by atoms with Gasteiger partial charge in [0.2, 0.25) is 0 Å². The number of esters is 1. The zero-order valence-electron chi connectivity index (χ0n) is 15.0. The second-order valence-corrected chi connectivity index (χ2v) is 8.02. The molecule has 24 heavy (non-hydrogen) atoms. The molecule has 7 heteroatoms. The average molecular weight is 335 g/mol. The van der Waals surface area contributed by atoms with Gasteiger partial charge in [0, 0.05) is 5.41 Å². The standard InChI is InChI=1S/C17H25N3O4/c1-10-15(20(22)23)11(2)19(18-10)9-14(21)24-13-8-12-6-7-17(13,5)16(12,3)4/h12-13H,6-9H2,1-5H3. The Hall–Kier alpha value is -1.92. The molecule has 2 bridgehead atoms. The Morgan fingerprint density at radius 2 is 2.08 bits per heavy atom. The molecule has 0 saturated heterocycles. The van der Waals surface area contributed by atoms with Crippen molar-refractivity contribution >= 4 is 11.7 Å². The number of aryl methyl sites for hydroxylation is 1. The molecule has 0 amide bonds. The molecule has 0 aromatic carbocycles. The number of carbonyl (C=O) groups excluding carboxylic acids is 1. The summed E-state index contributed by atoms with van der Waals surface area (Å²) in [6.45, 7) is 9.84. The van der Waals surface area contributed by atoms with Crippen LogP contribution in [0.2, 0.25) is 0 Å². The van der Waals surface area contributed by atoms with Crippen LogP contribution in [0.5, 0.6) is 0 Å². The van der Waals surface area contributed by atoms with Gasteiger partial charge in [-0.3, -0.25) is 19.6 Å². The molecule has 2 aliphatic carbocycles. The summed E-state index contributed by atoms with van der Waals surface area (Å²) in [4.78, 5) is 23.0. The number of aromatic nitrogens is 2. The van der Waals surface area contributed by atoms with Gasteiger partial charge in [-0.2, -0.15) is 5.10 Å². The third kappa shape index (κ3) is 2.24. The molecule has 7 nitrogen and oxygen atoms in total. The molecule has 1 heterocycles. The lowest BCUT2D eigenvalue weighted by Crippen LogP contribution is -2.39. The van der Waals surface area contributed by atoms with Gasteiger partial charge in [-0.1, -0.05) is 20.8 Å². The SMILES string of the molecule is Cc1nn(CC(=O)OC2CC3CCC2(C)C3(C)C)c(C)c1[N+](=O)[O-]. The minimum atomic E-state index is -0.459. The van der Waals surface area contributed by atoms with E-state index in [0.717, 1.165) is 12.8 Å². The second kappa shape index (κ2) is 5.29. The summed E-state index contributed by atoms with van der Waals surface area (Å²) in [5, 5.41) is 15.2. The highest BCUT2D eigenvalue weighted by Crippen LogP contribution is 2.66. The van der Waals surface area contributed by atoms with Crippen molar-refractivity contribution in [2.75, 3.05) is 0 Å². The smallest absolute Gasteiger partial charge is 0.328 e. The Bertz CT molecular complexity index is 709. The van der Waals surface area contributed by atoms with Gasteiger partial charge in [0.15, 0.2) is 0 Å². The second-order valence-electron chi connectivity index (χ2n) is 8.02. The summed E-state index contributed by atoms with van der Waals surface area (Å²) in [6.07, 6.45) is 3.10. The molecule has 0 N–H and O–H groups in total. The van der Waals surface area contributed by atoms with E-state index in [-0.39, 0.29) is 35.1 Å². The lowest BCUT2D eigenvalue weighted by Gasteiger charge is -2.38. The highest BCUT2D eigenvalue weighted by Gasteiger charge is 2.62. The first kappa shape index (κ1) is 16.9. The molecular weight excluding hydrogens is 310 g/mol. The van der Waals surface area contributed by atoms with Gasteiger partial charge in [-0.15, -0.1) is 0 Å². The number of carbonyl (C=O) groups is 1. The lowest BCUT2D eigenvalue weighted by molar-refractivity contribution is -0.386. The van der Waals surface area contributed by atoms with E-state index in [4.69, 9.17) is 4.74 Å². The first-order valence-corrected chi connectivity index (χ1v) is 8.46. The van der Waals surface area contributed by atoms with Crippen LogP contribution in [0.3, 0.4) is 0 Å². The fraction of sp³-hybridized carbons (Fsp3) is 0.765. The third-order valence-corrected chi connectivity index (χ3v) is 6.79. The maximum Gasteiger partial charge on any atom is 0.328 e. The van der Waals surface area contributed by atoms with Gasteiger partial charge in [0.25, 0.3) is 0 Å². The highest BCUT2D eigenvalue weighted by molar-refractivity contribution is 5.69. The average Bonchev–Trinajstić information content (AvgIpc) is 2.93. The van der Waals surface area contributed by atoms with Crippen molar-refractivity contribution in [2.24, 2.45) is 16.7 Å². The molecule has 0 aliphatic heterocycles. The van der Waals surface area contributed by atoms with Crippen LogP contribution in [-0.4, -0.2) is 26.8 Å². The van der Waals surface area contributed by atoms with E-state index < -0.39 is 4.92 Å². The van der Waals surface area contributed by atoms with Crippen LogP contribution in [0.15, 0.2) is 0 Å². The van der Waals surface area contributed by atoms with Crippen molar-refractivity contribution in [3.8, 4) is 0 Å². The molecule has 1 aromatic rings. The molecule has 0 spiro atoms. The van der Waals surface area contributed by atoms with Crippen LogP contribution < -0.4 is 0 Å². The van der Waals surface area contributed by atoms with Crippen molar-refractivity contribution in [2.45, 2.75) is 66.5 Å². The first-order chi connectivity index (χ1) is 11.1. The topological polar surface area (TPSA) is 87.3 Å². The Labute approximate surface area is 141 Å². The van der Waals surface area contributed by atoms with Crippen LogP contribution in [0.25, 0.3) is 0 Å². The quantitative estimate of drug-likeness (QED) is 0.479. The van der Waals surface area contributed by atoms with Crippen molar-refractivity contribution in [1.29, 1.82) is 0 Å². The number of fused-ring (bicyclic) bond motifs is 2. The fourth-order valence-electron chi connectivity index (χ4n) is 4.73. The van der Waals surface area contributed by atoms with Gasteiger partial charge >= 0.3 is 11.7 Å². The molecular formula is C17H25N3O4. The van der Waals surface area contributed by atoms with Crippen molar-refractivity contribution in [1.82, 2.24) is 9.78 Å². The summed E-state index contributed by atoms with van der Waals surface area (Å²) in [7, 11) is 0. The third-order valence-electron chi connectivity index (χ3n) is 6.79. The lowest BCUT2D eigenvalue weighted by atomic mass is 9.70. The van der Waals surface area contributed by atoms with E-state index in [9.17, 15) is 14.9 Å². The molecule has 3 unspecified atom stereocenters. The molecule has 1 aromatic heterocycles. The fourth-order valence-corrected chi connectivity index (χ4v) is 4.73. The number of hydrogen-bond donors (Lipinski definition) is 0. The van der Waals surface area contributed by atoms with E-state index in [1.165, 1.54) is 11.1 Å². The van der Waals surface area contributed by atoms with Gasteiger partial charge in [0.1, 0.15) is 24.0 Å². The molecule has 132 valence electrons. The van der Waals surface area contributed by atoms with E-state index >= 15 is 0 Å². The zero-order valence-corrected chi connectivity index (χ0v) is 15.0. The van der Waals surface area contributed by atoms with Crippen LogP contribution in [-0.2, 0) is 16.1 Å². The minimum Gasteiger partial charge on any atom is -0.460 e. The molecule has 2 saturated carbocycles. The van der Waals surface area contributed by atoms with Gasteiger partial charge in [-0.25, -0.2) is 0 Å². The van der Waals surface area contributed by atoms with Gasteiger partial charge in [0.05, 0.1) is 4.92 Å². The van der Waals surface area contributed by atoms with Gasteiger partial charge < -0.3 is 4.74 Å². The zero-order chi connectivity index (χ0) is 17.9. The maximum atomic E-state index is 12.4. The maximum absolute atomic E-state index is 12.4. The van der Waals surface area contributed by atoms with E-state index in [2.05, 4.69) is 25.9 Å². The van der Waals surface area contributed by atoms with Crippen LogP contribution in [0.1, 0.15) is 51.4 Å². The van der Waals surface area contributed by atoms with E-state index in [1.807, 2.05) is 0 Å². The first-order valence-electron chi connectivity index (χ1n) is 8.46. The normalized spacial score (nSPS) is 30.5. The highest BCUT2D eigenvalue weighted by atomic mass is 16.6. The largest absolute Gasteiger partial charge is 0.460 e. The van der Waals surface area contributed by atoms with Crippen molar-refractivity contribution < 1.29 is 14.5 Å². The molecule has 2 fully saturated rings. The number of nitro groups is 1. The molecule has 3 rings (SSSR count). The number of hydrogen-bond acceptors (Lipinski definition) is 5. The number of ether oxygens (including phenoxy) is 1. The van der Waals surface area contributed by atoms with Crippen LogP contribution in [0.4, 0.5) is 5.69 Å². The van der Waals surface area contributed by atoms with E-state index in [0.29, 0.717) is 17.3 Å². The summed E-state index contributed by atoms with van der Waals surface area (Å²) >= 11 is 0. The predicted molar refractivity (Wildman–Crippen MR) is 87.5 cm³/mol. The van der Waals surface area contributed by atoms with Crippen molar-refractivity contribution in [3.63, 3.8) is 0 Å². The van der Waals surface area contributed by atoms with Crippen LogP contribution in [0, 0.1) is 40.7 Å². The molecule has 3 atom stereocenters. The van der Waals surface area contributed by atoms with Gasteiger partial charge in [-0.05, 0) is 44.4 Å². The number of rotatable bonds is 4. The molecule has 0 radical (unpaired) electrons. The van der Waals surface area contributed by atoms with E-state index in [1.54, 1.807) is 13.8 Å². The summed E-state index contributed by atoms with van der Waals surface area (Å²) in [6, 6.07) is 0. The Morgan fingerprint density at radius 3 is 2.54 bits per heavy atom. The summed E-state index contributed by atoms with van der Waals surface area (Å²) in [5.74, 6) is 0.222. The van der Waals surface area contributed by atoms with Crippen molar-refractivity contribution in [3.05, 3.63) is 21.5 Å². The summed E-state index contributed by atoms with van der Waals surface area (Å²) < 4.78 is 7.15. The number of nitrogens with zero attached hydrogens (tertiary/aromatic N) is 3. The monoisotopic (exact) mass is 335 g/mol.